The van der Waals surface area contributed by atoms with E-state index in [1.54, 1.807) is 24.3 Å². The standard InChI is InChI=1S/C12H13BrN2O2S/c1-15-7-3-5-11(15)9-14-18(16,17)12-6-2-4-10(13)8-12/h2-8,14H,9H2,1H3. The summed E-state index contributed by atoms with van der Waals surface area (Å²) in [7, 11) is -1.59. The molecule has 0 saturated heterocycles. The van der Waals surface area contributed by atoms with E-state index in [-0.39, 0.29) is 11.4 Å². The van der Waals surface area contributed by atoms with Gasteiger partial charge in [-0.25, -0.2) is 13.1 Å². The topological polar surface area (TPSA) is 51.1 Å². The minimum absolute atomic E-state index is 0.256. The molecule has 1 aromatic heterocycles. The summed E-state index contributed by atoms with van der Waals surface area (Å²) < 4.78 is 29.3. The zero-order chi connectivity index (χ0) is 13.2. The summed E-state index contributed by atoms with van der Waals surface area (Å²) in [5.74, 6) is 0. The van der Waals surface area contributed by atoms with Crippen molar-refractivity contribution < 1.29 is 8.42 Å². The average Bonchev–Trinajstić information content (AvgIpc) is 2.72. The van der Waals surface area contributed by atoms with Crippen LogP contribution in [-0.4, -0.2) is 13.0 Å². The molecule has 0 radical (unpaired) electrons. The number of halogens is 1. The fraction of sp³-hybridized carbons (Fsp3) is 0.167. The van der Waals surface area contributed by atoms with Gasteiger partial charge in [0.2, 0.25) is 10.0 Å². The predicted molar refractivity (Wildman–Crippen MR) is 73.6 cm³/mol. The minimum atomic E-state index is -3.47. The Labute approximate surface area is 115 Å². The number of hydrogen-bond acceptors (Lipinski definition) is 2. The smallest absolute Gasteiger partial charge is 0.240 e. The molecule has 1 heterocycles. The molecule has 0 aliphatic heterocycles. The third kappa shape index (κ3) is 3.01. The SMILES string of the molecule is Cn1cccc1CNS(=O)(=O)c1cccc(Br)c1. The summed E-state index contributed by atoms with van der Waals surface area (Å²) in [5, 5.41) is 0. The lowest BCUT2D eigenvalue weighted by molar-refractivity contribution is 0.579. The Morgan fingerprint density at radius 2 is 2.06 bits per heavy atom. The number of benzene rings is 1. The van der Waals surface area contributed by atoms with E-state index in [9.17, 15) is 8.42 Å². The average molecular weight is 329 g/mol. The van der Waals surface area contributed by atoms with Gasteiger partial charge in [0.1, 0.15) is 0 Å². The monoisotopic (exact) mass is 328 g/mol. The van der Waals surface area contributed by atoms with Crippen LogP contribution in [0.5, 0.6) is 0 Å². The van der Waals surface area contributed by atoms with Crippen molar-refractivity contribution in [1.82, 2.24) is 9.29 Å². The molecular weight excluding hydrogens is 316 g/mol. The molecule has 0 amide bonds. The first-order valence-electron chi connectivity index (χ1n) is 5.34. The molecule has 4 nitrogen and oxygen atoms in total. The van der Waals surface area contributed by atoms with Gasteiger partial charge in [-0.05, 0) is 30.3 Å². The zero-order valence-corrected chi connectivity index (χ0v) is 12.2. The maximum atomic E-state index is 12.0. The van der Waals surface area contributed by atoms with E-state index in [0.717, 1.165) is 10.2 Å². The first-order chi connectivity index (χ1) is 8.49. The second kappa shape index (κ2) is 5.26. The molecule has 0 bridgehead atoms. The highest BCUT2D eigenvalue weighted by atomic mass is 79.9. The molecule has 0 saturated carbocycles. The number of nitrogens with zero attached hydrogens (tertiary/aromatic N) is 1. The Kier molecular flexibility index (Phi) is 3.89. The highest BCUT2D eigenvalue weighted by Crippen LogP contribution is 2.16. The van der Waals surface area contributed by atoms with Gasteiger partial charge in [0.15, 0.2) is 0 Å². The van der Waals surface area contributed by atoms with Crippen molar-refractivity contribution in [2.45, 2.75) is 11.4 Å². The molecule has 6 heteroatoms. The summed E-state index contributed by atoms with van der Waals surface area (Å²) in [4.78, 5) is 0.256. The van der Waals surface area contributed by atoms with Crippen LogP contribution in [0.4, 0.5) is 0 Å². The number of hydrogen-bond donors (Lipinski definition) is 1. The number of aromatic nitrogens is 1. The Morgan fingerprint density at radius 3 is 2.67 bits per heavy atom. The molecule has 2 rings (SSSR count). The molecule has 1 aromatic carbocycles. The lowest BCUT2D eigenvalue weighted by atomic mass is 10.4. The normalized spacial score (nSPS) is 11.7. The molecule has 0 fully saturated rings. The Morgan fingerprint density at radius 1 is 1.28 bits per heavy atom. The van der Waals surface area contributed by atoms with E-state index in [1.165, 1.54) is 0 Å². The highest BCUT2D eigenvalue weighted by Gasteiger charge is 2.14. The summed E-state index contributed by atoms with van der Waals surface area (Å²) in [6, 6.07) is 10.4. The molecule has 0 unspecified atom stereocenters. The second-order valence-corrected chi connectivity index (χ2v) is 6.57. The van der Waals surface area contributed by atoms with Gasteiger partial charge in [-0.1, -0.05) is 22.0 Å². The van der Waals surface area contributed by atoms with Crippen molar-refractivity contribution >= 4 is 26.0 Å². The van der Waals surface area contributed by atoms with Gasteiger partial charge < -0.3 is 4.57 Å². The molecule has 18 heavy (non-hydrogen) atoms. The zero-order valence-electron chi connectivity index (χ0n) is 9.80. The molecule has 0 aliphatic carbocycles. The van der Waals surface area contributed by atoms with Crippen LogP contribution < -0.4 is 4.72 Å². The van der Waals surface area contributed by atoms with Gasteiger partial charge in [0.05, 0.1) is 11.4 Å². The molecule has 0 atom stereocenters. The van der Waals surface area contributed by atoms with Gasteiger partial charge in [-0.2, -0.15) is 0 Å². The number of sulfonamides is 1. The van der Waals surface area contributed by atoms with E-state index in [4.69, 9.17) is 0 Å². The van der Waals surface area contributed by atoms with Gasteiger partial charge in [-0.3, -0.25) is 0 Å². The van der Waals surface area contributed by atoms with Crippen LogP contribution in [0.3, 0.4) is 0 Å². The molecule has 0 aliphatic rings. The van der Waals surface area contributed by atoms with E-state index < -0.39 is 10.0 Å². The predicted octanol–water partition coefficient (Wildman–Crippen LogP) is 2.27. The quantitative estimate of drug-likeness (QED) is 0.935. The van der Waals surface area contributed by atoms with Crippen LogP contribution in [0.15, 0.2) is 52.0 Å². The lowest BCUT2D eigenvalue weighted by Gasteiger charge is -2.08. The van der Waals surface area contributed by atoms with Crippen LogP contribution in [-0.2, 0) is 23.6 Å². The van der Waals surface area contributed by atoms with E-state index in [2.05, 4.69) is 20.7 Å². The van der Waals surface area contributed by atoms with Crippen LogP contribution in [0.25, 0.3) is 0 Å². The van der Waals surface area contributed by atoms with Crippen LogP contribution in [0.2, 0.25) is 0 Å². The third-order valence-corrected chi connectivity index (χ3v) is 4.49. The van der Waals surface area contributed by atoms with Crippen LogP contribution in [0, 0.1) is 0 Å². The van der Waals surface area contributed by atoms with E-state index >= 15 is 0 Å². The van der Waals surface area contributed by atoms with Gasteiger partial charge in [0, 0.05) is 23.4 Å². The Balaban J connectivity index is 2.16. The Bertz CT molecular complexity index is 650. The van der Waals surface area contributed by atoms with Crippen molar-refractivity contribution in [3.63, 3.8) is 0 Å². The lowest BCUT2D eigenvalue weighted by Crippen LogP contribution is -2.24. The molecule has 2 aromatic rings. The molecule has 96 valence electrons. The van der Waals surface area contributed by atoms with Crippen LogP contribution >= 0.6 is 15.9 Å². The largest absolute Gasteiger partial charge is 0.353 e. The number of nitrogens with one attached hydrogen (secondary N) is 1. The molecule has 1 N–H and O–H groups in total. The number of aryl methyl sites for hydroxylation is 1. The van der Waals surface area contributed by atoms with Gasteiger partial charge in [0.25, 0.3) is 0 Å². The molecular formula is C12H13BrN2O2S. The van der Waals surface area contributed by atoms with Crippen LogP contribution in [0.1, 0.15) is 5.69 Å². The third-order valence-electron chi connectivity index (χ3n) is 2.60. The maximum absolute atomic E-state index is 12.0. The number of rotatable bonds is 4. The van der Waals surface area contributed by atoms with Crippen molar-refractivity contribution in [3.8, 4) is 0 Å². The molecule has 0 spiro atoms. The summed E-state index contributed by atoms with van der Waals surface area (Å²) >= 11 is 3.26. The van der Waals surface area contributed by atoms with E-state index in [0.29, 0.717) is 0 Å². The Hall–Kier alpha value is -1.11. The van der Waals surface area contributed by atoms with Gasteiger partial charge in [-0.15, -0.1) is 0 Å². The van der Waals surface area contributed by atoms with Crippen molar-refractivity contribution in [2.24, 2.45) is 7.05 Å². The van der Waals surface area contributed by atoms with Crippen molar-refractivity contribution in [1.29, 1.82) is 0 Å². The highest BCUT2D eigenvalue weighted by molar-refractivity contribution is 9.10. The van der Waals surface area contributed by atoms with Gasteiger partial charge >= 0.3 is 0 Å². The summed E-state index contributed by atoms with van der Waals surface area (Å²) in [6.07, 6.45) is 1.88. The minimum Gasteiger partial charge on any atom is -0.353 e. The fourth-order valence-corrected chi connectivity index (χ4v) is 3.16. The fourth-order valence-electron chi connectivity index (χ4n) is 1.57. The summed E-state index contributed by atoms with van der Waals surface area (Å²) in [6.45, 7) is 0.276. The maximum Gasteiger partial charge on any atom is 0.240 e. The summed E-state index contributed by atoms with van der Waals surface area (Å²) in [5.41, 5.74) is 0.911. The van der Waals surface area contributed by atoms with Crippen molar-refractivity contribution in [2.75, 3.05) is 0 Å². The first kappa shape index (κ1) is 13.3. The van der Waals surface area contributed by atoms with E-state index in [1.807, 2.05) is 29.9 Å². The first-order valence-corrected chi connectivity index (χ1v) is 7.62. The van der Waals surface area contributed by atoms with Crippen molar-refractivity contribution in [3.05, 3.63) is 52.8 Å². The second-order valence-electron chi connectivity index (χ2n) is 3.89.